The summed E-state index contributed by atoms with van der Waals surface area (Å²) in [6, 6.07) is 10.0. The number of hydrogen-bond donors (Lipinski definition) is 1. The molecule has 1 amide bonds. The van der Waals surface area contributed by atoms with Crippen molar-refractivity contribution in [2.45, 2.75) is 31.8 Å². The largest absolute Gasteiger partial charge is 0.342 e. The standard InChI is InChI=1S/C18H24N4O/c1-14(17(19)15-5-3-2-4-6-15)18(23)21-10-7-16(8-11-21)22-12-9-20-13-22/h2-6,9,12-14,16-17H,7-8,10-11,19H2,1H3. The van der Waals surface area contributed by atoms with Crippen molar-refractivity contribution < 1.29 is 4.79 Å². The fraction of sp³-hybridized carbons (Fsp3) is 0.444. The number of nitrogens with two attached hydrogens (primary N) is 1. The maximum Gasteiger partial charge on any atom is 0.227 e. The van der Waals surface area contributed by atoms with Gasteiger partial charge in [-0.15, -0.1) is 0 Å². The molecule has 1 aliphatic heterocycles. The molecule has 0 spiro atoms. The van der Waals surface area contributed by atoms with E-state index in [1.807, 2.05) is 54.7 Å². The Kier molecular flexibility index (Phi) is 4.76. The number of piperidine rings is 1. The van der Waals surface area contributed by atoms with Crippen LogP contribution in [0.1, 0.15) is 37.4 Å². The van der Waals surface area contributed by atoms with Crippen LogP contribution in [-0.2, 0) is 4.79 Å². The number of amides is 1. The molecule has 2 unspecified atom stereocenters. The van der Waals surface area contributed by atoms with E-state index < -0.39 is 0 Å². The van der Waals surface area contributed by atoms with E-state index in [0.717, 1.165) is 31.5 Å². The molecule has 1 saturated heterocycles. The molecule has 1 aromatic heterocycles. The molecule has 1 aromatic carbocycles. The molecule has 2 atom stereocenters. The zero-order chi connectivity index (χ0) is 16.2. The van der Waals surface area contributed by atoms with Crippen LogP contribution in [-0.4, -0.2) is 33.4 Å². The number of rotatable bonds is 4. The van der Waals surface area contributed by atoms with Gasteiger partial charge >= 0.3 is 0 Å². The molecule has 3 rings (SSSR count). The van der Waals surface area contributed by atoms with Crippen LogP contribution in [0.2, 0.25) is 0 Å². The van der Waals surface area contributed by atoms with Crippen molar-refractivity contribution >= 4 is 5.91 Å². The topological polar surface area (TPSA) is 64.2 Å². The third-order valence-corrected chi connectivity index (χ3v) is 4.84. The molecule has 1 aliphatic rings. The van der Waals surface area contributed by atoms with Gasteiger partial charge in [0.05, 0.1) is 12.2 Å². The zero-order valence-electron chi connectivity index (χ0n) is 13.5. The Bertz CT molecular complexity index is 618. The summed E-state index contributed by atoms with van der Waals surface area (Å²) in [5.74, 6) is -0.0485. The van der Waals surface area contributed by atoms with Gasteiger partial charge in [0, 0.05) is 37.6 Å². The molecule has 2 N–H and O–H groups in total. The minimum atomic E-state index is -0.255. The van der Waals surface area contributed by atoms with Gasteiger partial charge in [0.15, 0.2) is 0 Å². The molecule has 122 valence electrons. The number of benzene rings is 1. The third-order valence-electron chi connectivity index (χ3n) is 4.84. The van der Waals surface area contributed by atoms with Crippen LogP contribution < -0.4 is 5.73 Å². The molecule has 1 fully saturated rings. The van der Waals surface area contributed by atoms with E-state index in [1.54, 1.807) is 6.20 Å². The number of hydrogen-bond acceptors (Lipinski definition) is 3. The number of likely N-dealkylation sites (tertiary alicyclic amines) is 1. The van der Waals surface area contributed by atoms with Crippen molar-refractivity contribution in [3.8, 4) is 0 Å². The lowest BCUT2D eigenvalue weighted by atomic mass is 9.93. The molecule has 0 radical (unpaired) electrons. The van der Waals surface area contributed by atoms with E-state index in [-0.39, 0.29) is 17.9 Å². The molecule has 0 aliphatic carbocycles. The lowest BCUT2D eigenvalue weighted by Crippen LogP contribution is -2.43. The molecular weight excluding hydrogens is 288 g/mol. The quantitative estimate of drug-likeness (QED) is 0.943. The second-order valence-corrected chi connectivity index (χ2v) is 6.29. The summed E-state index contributed by atoms with van der Waals surface area (Å²) in [5.41, 5.74) is 7.31. The number of nitrogens with zero attached hydrogens (tertiary/aromatic N) is 3. The highest BCUT2D eigenvalue weighted by molar-refractivity contribution is 5.79. The number of carbonyl (C=O) groups excluding carboxylic acids is 1. The van der Waals surface area contributed by atoms with E-state index in [4.69, 9.17) is 5.73 Å². The summed E-state index contributed by atoms with van der Waals surface area (Å²) < 4.78 is 2.14. The van der Waals surface area contributed by atoms with Gasteiger partial charge in [-0.25, -0.2) is 4.98 Å². The predicted octanol–water partition coefficient (Wildman–Crippen LogP) is 2.38. The van der Waals surface area contributed by atoms with Crippen LogP contribution in [0.25, 0.3) is 0 Å². The van der Waals surface area contributed by atoms with Gasteiger partial charge in [0.1, 0.15) is 0 Å². The van der Waals surface area contributed by atoms with E-state index in [9.17, 15) is 4.79 Å². The van der Waals surface area contributed by atoms with Crippen LogP contribution >= 0.6 is 0 Å². The molecule has 2 aromatic rings. The summed E-state index contributed by atoms with van der Waals surface area (Å²) in [6.07, 6.45) is 7.59. The van der Waals surface area contributed by atoms with E-state index >= 15 is 0 Å². The predicted molar refractivity (Wildman–Crippen MR) is 89.6 cm³/mol. The minimum absolute atomic E-state index is 0.158. The second kappa shape index (κ2) is 6.96. The number of imidazole rings is 1. The number of aromatic nitrogens is 2. The van der Waals surface area contributed by atoms with Gasteiger partial charge in [-0.2, -0.15) is 0 Å². The molecule has 23 heavy (non-hydrogen) atoms. The lowest BCUT2D eigenvalue weighted by Gasteiger charge is -2.35. The Labute approximate surface area is 137 Å². The Morgan fingerprint density at radius 2 is 1.96 bits per heavy atom. The van der Waals surface area contributed by atoms with Gasteiger partial charge < -0.3 is 15.2 Å². The van der Waals surface area contributed by atoms with Crippen LogP contribution in [0.4, 0.5) is 0 Å². The zero-order valence-corrected chi connectivity index (χ0v) is 13.5. The van der Waals surface area contributed by atoms with Gasteiger partial charge in [-0.05, 0) is 18.4 Å². The summed E-state index contributed by atoms with van der Waals surface area (Å²) in [7, 11) is 0. The van der Waals surface area contributed by atoms with E-state index in [2.05, 4.69) is 9.55 Å². The highest BCUT2D eigenvalue weighted by atomic mass is 16.2. The highest BCUT2D eigenvalue weighted by Crippen LogP contribution is 2.26. The van der Waals surface area contributed by atoms with Gasteiger partial charge in [0.2, 0.25) is 5.91 Å². The number of carbonyl (C=O) groups is 1. The minimum Gasteiger partial charge on any atom is -0.342 e. The fourth-order valence-electron chi connectivity index (χ4n) is 3.28. The molecule has 2 heterocycles. The SMILES string of the molecule is CC(C(=O)N1CCC(n2ccnc2)CC1)C(N)c1ccccc1. The highest BCUT2D eigenvalue weighted by Gasteiger charge is 2.29. The van der Waals surface area contributed by atoms with Crippen molar-refractivity contribution in [2.24, 2.45) is 11.7 Å². The summed E-state index contributed by atoms with van der Waals surface area (Å²) in [6.45, 7) is 3.50. The van der Waals surface area contributed by atoms with Gasteiger partial charge in [-0.3, -0.25) is 4.79 Å². The first-order chi connectivity index (χ1) is 11.2. The Morgan fingerprint density at radius 3 is 2.57 bits per heavy atom. The van der Waals surface area contributed by atoms with Crippen molar-refractivity contribution in [3.63, 3.8) is 0 Å². The molecule has 5 nitrogen and oxygen atoms in total. The molecule has 0 bridgehead atoms. The van der Waals surface area contributed by atoms with Crippen LogP contribution in [0, 0.1) is 5.92 Å². The average molecular weight is 312 g/mol. The molecular formula is C18H24N4O. The van der Waals surface area contributed by atoms with Crippen molar-refractivity contribution in [1.29, 1.82) is 0 Å². The maximum absolute atomic E-state index is 12.7. The average Bonchev–Trinajstić information content (AvgIpc) is 3.15. The third kappa shape index (κ3) is 3.45. The summed E-state index contributed by atoms with van der Waals surface area (Å²) in [5, 5.41) is 0. The Balaban J connectivity index is 1.58. The second-order valence-electron chi connectivity index (χ2n) is 6.29. The first-order valence-corrected chi connectivity index (χ1v) is 8.23. The summed E-state index contributed by atoms with van der Waals surface area (Å²) >= 11 is 0. The Hall–Kier alpha value is -2.14. The monoisotopic (exact) mass is 312 g/mol. The van der Waals surface area contributed by atoms with Gasteiger partial charge in [-0.1, -0.05) is 37.3 Å². The van der Waals surface area contributed by atoms with E-state index in [1.165, 1.54) is 0 Å². The summed E-state index contributed by atoms with van der Waals surface area (Å²) in [4.78, 5) is 18.8. The van der Waals surface area contributed by atoms with Crippen LogP contribution in [0.5, 0.6) is 0 Å². The lowest BCUT2D eigenvalue weighted by molar-refractivity contribution is -0.137. The van der Waals surface area contributed by atoms with Gasteiger partial charge in [0.25, 0.3) is 0 Å². The fourth-order valence-corrected chi connectivity index (χ4v) is 3.28. The van der Waals surface area contributed by atoms with Crippen molar-refractivity contribution in [2.75, 3.05) is 13.1 Å². The van der Waals surface area contributed by atoms with E-state index in [0.29, 0.717) is 6.04 Å². The van der Waals surface area contributed by atoms with Crippen molar-refractivity contribution in [3.05, 3.63) is 54.6 Å². The molecule has 5 heteroatoms. The maximum atomic E-state index is 12.7. The first kappa shape index (κ1) is 15.7. The van der Waals surface area contributed by atoms with Crippen LogP contribution in [0.15, 0.2) is 49.1 Å². The molecule has 0 saturated carbocycles. The first-order valence-electron chi connectivity index (χ1n) is 8.23. The normalized spacial score (nSPS) is 18.6. The van der Waals surface area contributed by atoms with Crippen molar-refractivity contribution in [1.82, 2.24) is 14.5 Å². The Morgan fingerprint density at radius 1 is 1.26 bits per heavy atom. The van der Waals surface area contributed by atoms with Crippen LogP contribution in [0.3, 0.4) is 0 Å². The smallest absolute Gasteiger partial charge is 0.227 e.